The molecule has 1 amide bonds. The molecule has 1 aromatic rings. The summed E-state index contributed by atoms with van der Waals surface area (Å²) in [7, 11) is 0. The number of hydrogen-bond donors (Lipinski definition) is 3. The van der Waals surface area contributed by atoms with Gasteiger partial charge >= 0.3 is 0 Å². The molecular formula is C18H32ClN5O2. The maximum atomic E-state index is 12.7. The van der Waals surface area contributed by atoms with E-state index < -0.39 is 0 Å². The van der Waals surface area contributed by atoms with Gasteiger partial charge in [-0.1, -0.05) is 6.92 Å². The number of ether oxygens (including phenoxy) is 1. The van der Waals surface area contributed by atoms with Crippen LogP contribution in [0.3, 0.4) is 0 Å². The van der Waals surface area contributed by atoms with Gasteiger partial charge in [-0.3, -0.25) is 9.89 Å². The standard InChI is InChI=1S/C18H31N5O2.ClH/c1-3-25-10-4-8-23-9-6-15(13(2)12-23)20-18(24)17-14-11-19-7-5-16(14)21-22-17;/h13,15,19H,3-12H2,1-2H3,(H,20,24)(H,21,22);1H. The number of carbonyl (C=O) groups is 1. The molecule has 0 aromatic carbocycles. The number of nitrogens with one attached hydrogen (secondary N) is 3. The zero-order chi connectivity index (χ0) is 17.6. The van der Waals surface area contributed by atoms with Gasteiger partial charge in [0, 0.05) is 69.7 Å². The normalized spacial score (nSPS) is 23.2. The van der Waals surface area contributed by atoms with Crippen molar-refractivity contribution >= 4 is 18.3 Å². The van der Waals surface area contributed by atoms with E-state index in [1.807, 2.05) is 6.92 Å². The highest BCUT2D eigenvalue weighted by atomic mass is 35.5. The molecule has 2 atom stereocenters. The van der Waals surface area contributed by atoms with E-state index in [4.69, 9.17) is 4.74 Å². The van der Waals surface area contributed by atoms with Crippen LogP contribution < -0.4 is 10.6 Å². The Hall–Kier alpha value is -1.15. The number of aromatic nitrogens is 2. The molecule has 3 rings (SSSR count). The predicted octanol–water partition coefficient (Wildman–Crippen LogP) is 1.34. The molecule has 0 radical (unpaired) electrons. The molecule has 148 valence electrons. The number of fused-ring (bicyclic) bond motifs is 1. The van der Waals surface area contributed by atoms with Gasteiger partial charge in [-0.05, 0) is 25.7 Å². The number of piperidine rings is 1. The maximum Gasteiger partial charge on any atom is 0.272 e. The maximum absolute atomic E-state index is 12.7. The van der Waals surface area contributed by atoms with Crippen LogP contribution in [0.15, 0.2) is 0 Å². The largest absolute Gasteiger partial charge is 0.382 e. The van der Waals surface area contributed by atoms with E-state index in [9.17, 15) is 4.79 Å². The number of rotatable bonds is 7. The highest BCUT2D eigenvalue weighted by Crippen LogP contribution is 2.19. The van der Waals surface area contributed by atoms with Crippen LogP contribution in [0.4, 0.5) is 0 Å². The number of H-pyrrole nitrogens is 1. The van der Waals surface area contributed by atoms with Crippen LogP contribution >= 0.6 is 12.4 Å². The van der Waals surface area contributed by atoms with Gasteiger partial charge in [0.1, 0.15) is 0 Å². The Labute approximate surface area is 162 Å². The predicted molar refractivity (Wildman–Crippen MR) is 104 cm³/mol. The minimum absolute atomic E-state index is 0. The summed E-state index contributed by atoms with van der Waals surface area (Å²) in [5, 5.41) is 13.8. The molecule has 1 fully saturated rings. The van der Waals surface area contributed by atoms with E-state index in [-0.39, 0.29) is 24.4 Å². The summed E-state index contributed by atoms with van der Waals surface area (Å²) in [6, 6.07) is 0.222. The van der Waals surface area contributed by atoms with Crippen LogP contribution in [0.5, 0.6) is 0 Å². The fourth-order valence-electron chi connectivity index (χ4n) is 3.83. The van der Waals surface area contributed by atoms with Gasteiger partial charge in [-0.2, -0.15) is 5.10 Å². The first-order chi connectivity index (χ1) is 12.2. The number of amides is 1. The minimum Gasteiger partial charge on any atom is -0.382 e. The van der Waals surface area contributed by atoms with E-state index in [0.717, 1.165) is 76.5 Å². The first-order valence-electron chi connectivity index (χ1n) is 9.56. The average molecular weight is 386 g/mol. The van der Waals surface area contributed by atoms with Crippen molar-refractivity contribution < 1.29 is 9.53 Å². The smallest absolute Gasteiger partial charge is 0.272 e. The molecule has 1 saturated heterocycles. The van der Waals surface area contributed by atoms with Gasteiger partial charge in [-0.15, -0.1) is 12.4 Å². The van der Waals surface area contributed by atoms with E-state index in [2.05, 4.69) is 32.7 Å². The van der Waals surface area contributed by atoms with Crippen molar-refractivity contribution in [2.24, 2.45) is 5.92 Å². The van der Waals surface area contributed by atoms with Crippen LogP contribution in [-0.4, -0.2) is 66.4 Å². The second-order valence-corrected chi connectivity index (χ2v) is 7.15. The van der Waals surface area contributed by atoms with Crippen LogP contribution in [-0.2, 0) is 17.7 Å². The Morgan fingerprint density at radius 1 is 1.46 bits per heavy atom. The van der Waals surface area contributed by atoms with Crippen molar-refractivity contribution in [1.29, 1.82) is 0 Å². The third-order valence-corrected chi connectivity index (χ3v) is 5.29. The number of carbonyl (C=O) groups excluding carboxylic acids is 1. The molecule has 7 nitrogen and oxygen atoms in total. The zero-order valence-electron chi connectivity index (χ0n) is 15.8. The second kappa shape index (κ2) is 10.3. The lowest BCUT2D eigenvalue weighted by Crippen LogP contribution is -2.50. The first-order valence-corrected chi connectivity index (χ1v) is 9.56. The number of likely N-dealkylation sites (tertiary alicyclic amines) is 1. The fraction of sp³-hybridized carbons (Fsp3) is 0.778. The molecule has 2 aliphatic heterocycles. The number of hydrogen-bond acceptors (Lipinski definition) is 5. The third kappa shape index (κ3) is 5.19. The lowest BCUT2D eigenvalue weighted by molar-refractivity contribution is 0.0838. The number of halogens is 1. The highest BCUT2D eigenvalue weighted by Gasteiger charge is 2.29. The van der Waals surface area contributed by atoms with E-state index in [0.29, 0.717) is 11.6 Å². The van der Waals surface area contributed by atoms with Crippen LogP contribution in [0.25, 0.3) is 0 Å². The molecule has 8 heteroatoms. The Morgan fingerprint density at radius 2 is 2.31 bits per heavy atom. The molecule has 3 N–H and O–H groups in total. The van der Waals surface area contributed by atoms with Gasteiger partial charge < -0.3 is 20.3 Å². The SMILES string of the molecule is CCOCCCN1CCC(NC(=O)c2n[nH]c3c2CNCC3)C(C)C1.Cl. The number of aromatic amines is 1. The summed E-state index contributed by atoms with van der Waals surface area (Å²) in [4.78, 5) is 15.1. The molecular weight excluding hydrogens is 354 g/mol. The Morgan fingerprint density at radius 3 is 3.08 bits per heavy atom. The molecule has 3 heterocycles. The van der Waals surface area contributed by atoms with Gasteiger partial charge in [0.25, 0.3) is 5.91 Å². The topological polar surface area (TPSA) is 82.3 Å². The quantitative estimate of drug-likeness (QED) is 0.617. The minimum atomic E-state index is -0.0390. The molecule has 0 bridgehead atoms. The lowest BCUT2D eigenvalue weighted by Gasteiger charge is -2.37. The summed E-state index contributed by atoms with van der Waals surface area (Å²) in [5.74, 6) is 0.403. The van der Waals surface area contributed by atoms with Gasteiger partial charge in [0.15, 0.2) is 5.69 Å². The molecule has 0 saturated carbocycles. The molecule has 2 unspecified atom stereocenters. The Kier molecular flexibility index (Phi) is 8.34. The molecule has 26 heavy (non-hydrogen) atoms. The lowest BCUT2D eigenvalue weighted by atomic mass is 9.93. The van der Waals surface area contributed by atoms with E-state index in [1.165, 1.54) is 0 Å². The van der Waals surface area contributed by atoms with E-state index >= 15 is 0 Å². The van der Waals surface area contributed by atoms with Crippen LogP contribution in [0.2, 0.25) is 0 Å². The van der Waals surface area contributed by atoms with E-state index in [1.54, 1.807) is 0 Å². The van der Waals surface area contributed by atoms with Gasteiger partial charge in [0.2, 0.25) is 0 Å². The monoisotopic (exact) mass is 385 g/mol. The Bertz CT molecular complexity index is 580. The summed E-state index contributed by atoms with van der Waals surface area (Å²) in [6.07, 6.45) is 2.97. The van der Waals surface area contributed by atoms with Crippen molar-refractivity contribution in [2.75, 3.05) is 39.4 Å². The molecule has 0 aliphatic carbocycles. The van der Waals surface area contributed by atoms with Crippen molar-refractivity contribution in [1.82, 2.24) is 25.7 Å². The summed E-state index contributed by atoms with van der Waals surface area (Å²) >= 11 is 0. The molecule has 0 spiro atoms. The number of nitrogens with zero attached hydrogens (tertiary/aromatic N) is 2. The van der Waals surface area contributed by atoms with Crippen molar-refractivity contribution in [2.45, 2.75) is 45.7 Å². The summed E-state index contributed by atoms with van der Waals surface area (Å²) in [5.41, 5.74) is 2.69. The zero-order valence-corrected chi connectivity index (χ0v) is 16.7. The van der Waals surface area contributed by atoms with Gasteiger partial charge in [-0.25, -0.2) is 0 Å². The van der Waals surface area contributed by atoms with Crippen molar-refractivity contribution in [3.63, 3.8) is 0 Å². The second-order valence-electron chi connectivity index (χ2n) is 7.15. The average Bonchev–Trinajstić information content (AvgIpc) is 3.05. The highest BCUT2D eigenvalue weighted by molar-refractivity contribution is 5.94. The van der Waals surface area contributed by atoms with Crippen LogP contribution in [0.1, 0.15) is 48.4 Å². The van der Waals surface area contributed by atoms with Crippen molar-refractivity contribution in [3.05, 3.63) is 17.0 Å². The molecule has 1 aromatic heterocycles. The fourth-order valence-corrected chi connectivity index (χ4v) is 3.83. The summed E-state index contributed by atoms with van der Waals surface area (Å²) in [6.45, 7) is 10.7. The van der Waals surface area contributed by atoms with Crippen LogP contribution in [0, 0.1) is 5.92 Å². The Balaban J connectivity index is 0.00000243. The first kappa shape index (κ1) is 21.2. The van der Waals surface area contributed by atoms with Crippen molar-refractivity contribution in [3.8, 4) is 0 Å². The molecule has 2 aliphatic rings. The summed E-state index contributed by atoms with van der Waals surface area (Å²) < 4.78 is 5.41. The van der Waals surface area contributed by atoms with Gasteiger partial charge in [0.05, 0.1) is 0 Å². The third-order valence-electron chi connectivity index (χ3n) is 5.29.